The van der Waals surface area contributed by atoms with E-state index in [1.54, 1.807) is 47.4 Å². The molecule has 5 aromatic carbocycles. The first-order valence-corrected chi connectivity index (χ1v) is 15.3. The van der Waals surface area contributed by atoms with Gasteiger partial charge in [-0.25, -0.2) is 9.18 Å². The SMILES string of the molecule is Cl.NCc1cccc(Oc2cc(Cl)ccc2N(CCNC(=O)NCc2ccccc2F)C(=O)c2ccc3c(c2)Cc2ccccc2-3)c1. The van der Waals surface area contributed by atoms with Crippen LogP contribution in [0.15, 0.2) is 109 Å². The van der Waals surface area contributed by atoms with E-state index in [-0.39, 0.29) is 37.9 Å². The molecule has 7 nitrogen and oxygen atoms in total. The number of nitrogens with two attached hydrogens (primary N) is 1. The summed E-state index contributed by atoms with van der Waals surface area (Å²) in [7, 11) is 0. The van der Waals surface area contributed by atoms with Crippen LogP contribution in [0.2, 0.25) is 5.02 Å². The number of halogens is 3. The summed E-state index contributed by atoms with van der Waals surface area (Å²) in [5, 5.41) is 5.88. The topological polar surface area (TPSA) is 96.7 Å². The third-order valence-electron chi connectivity index (χ3n) is 7.88. The van der Waals surface area contributed by atoms with Gasteiger partial charge in [-0.3, -0.25) is 4.79 Å². The van der Waals surface area contributed by atoms with Crippen LogP contribution in [0.3, 0.4) is 0 Å². The monoisotopic (exact) mass is 670 g/mol. The van der Waals surface area contributed by atoms with E-state index in [1.807, 2.05) is 48.5 Å². The molecule has 0 radical (unpaired) electrons. The zero-order valence-electron chi connectivity index (χ0n) is 25.3. The standard InChI is InChI=1S/C37H32ClFN4O3.ClH/c38-29-13-15-34(35(21-29)46-30-9-5-6-24(18-30)22-40)43(17-16-41-37(45)42-23-27-8-2-4-11-33(27)39)36(44)26-12-14-32-28(20-26)19-25-7-1-3-10-31(25)32;/h1-15,18,20-21H,16-17,19,22-23,40H2,(H2,41,42,45);1H. The normalized spacial score (nSPS) is 11.1. The average molecular weight is 672 g/mol. The number of carbonyl (C=O) groups is 2. The summed E-state index contributed by atoms with van der Waals surface area (Å²) in [4.78, 5) is 28.5. The summed E-state index contributed by atoms with van der Waals surface area (Å²) in [6, 6.07) is 32.2. The van der Waals surface area contributed by atoms with Crippen LogP contribution in [-0.4, -0.2) is 25.0 Å². The van der Waals surface area contributed by atoms with Gasteiger partial charge in [0.15, 0.2) is 5.75 Å². The molecule has 10 heteroatoms. The number of ether oxygens (including phenoxy) is 1. The van der Waals surface area contributed by atoms with Crippen LogP contribution in [-0.2, 0) is 19.5 Å². The third-order valence-corrected chi connectivity index (χ3v) is 8.11. The first-order valence-electron chi connectivity index (χ1n) is 14.9. The largest absolute Gasteiger partial charge is 0.455 e. The van der Waals surface area contributed by atoms with Crippen molar-refractivity contribution in [2.45, 2.75) is 19.5 Å². The number of nitrogens with one attached hydrogen (secondary N) is 2. The lowest BCUT2D eigenvalue weighted by molar-refractivity contribution is 0.0986. The number of hydrogen-bond acceptors (Lipinski definition) is 4. The average Bonchev–Trinajstić information content (AvgIpc) is 3.44. The van der Waals surface area contributed by atoms with Crippen LogP contribution in [0.5, 0.6) is 11.5 Å². The Labute approximate surface area is 283 Å². The zero-order chi connectivity index (χ0) is 32.0. The number of anilines is 1. The second kappa shape index (κ2) is 15.1. The van der Waals surface area contributed by atoms with Crippen LogP contribution < -0.4 is 26.0 Å². The first kappa shape index (κ1) is 33.5. The molecule has 0 atom stereocenters. The maximum atomic E-state index is 14.3. The van der Waals surface area contributed by atoms with Crippen molar-refractivity contribution in [1.29, 1.82) is 0 Å². The van der Waals surface area contributed by atoms with E-state index in [4.69, 9.17) is 22.1 Å². The highest BCUT2D eigenvalue weighted by atomic mass is 35.5. The Balaban J connectivity index is 0.00000433. The van der Waals surface area contributed by atoms with Gasteiger partial charge in [-0.1, -0.05) is 72.3 Å². The lowest BCUT2D eigenvalue weighted by atomic mass is 10.0. The number of benzene rings is 5. The maximum absolute atomic E-state index is 14.3. The van der Waals surface area contributed by atoms with E-state index in [0.717, 1.165) is 23.1 Å². The Hall–Kier alpha value is -4.89. The summed E-state index contributed by atoms with van der Waals surface area (Å²) < 4.78 is 20.3. The lowest BCUT2D eigenvalue weighted by Gasteiger charge is -2.26. The van der Waals surface area contributed by atoms with Gasteiger partial charge in [0.25, 0.3) is 5.91 Å². The molecule has 0 saturated carbocycles. The van der Waals surface area contributed by atoms with Crippen LogP contribution in [0, 0.1) is 5.82 Å². The first-order chi connectivity index (χ1) is 22.4. The minimum Gasteiger partial charge on any atom is -0.455 e. The summed E-state index contributed by atoms with van der Waals surface area (Å²) in [5.74, 6) is 0.242. The van der Waals surface area contributed by atoms with Crippen LogP contribution in [0.25, 0.3) is 11.1 Å². The molecular weight excluding hydrogens is 638 g/mol. The predicted molar refractivity (Wildman–Crippen MR) is 186 cm³/mol. The van der Waals surface area contributed by atoms with Crippen molar-refractivity contribution in [1.82, 2.24) is 10.6 Å². The number of urea groups is 1. The van der Waals surface area contributed by atoms with Gasteiger partial charge in [-0.05, 0) is 76.7 Å². The van der Waals surface area contributed by atoms with Gasteiger partial charge in [-0.2, -0.15) is 0 Å². The second-order valence-corrected chi connectivity index (χ2v) is 11.4. The third kappa shape index (κ3) is 7.74. The van der Waals surface area contributed by atoms with Crippen molar-refractivity contribution in [3.8, 4) is 22.6 Å². The molecule has 6 rings (SSSR count). The molecule has 0 spiro atoms. The van der Waals surface area contributed by atoms with E-state index < -0.39 is 11.8 Å². The van der Waals surface area contributed by atoms with Crippen molar-refractivity contribution in [2.75, 3.05) is 18.0 Å². The van der Waals surface area contributed by atoms with E-state index >= 15 is 0 Å². The van der Waals surface area contributed by atoms with Gasteiger partial charge >= 0.3 is 6.03 Å². The van der Waals surface area contributed by atoms with Gasteiger partial charge in [0.2, 0.25) is 0 Å². The molecule has 0 unspecified atom stereocenters. The molecular formula is C37H33Cl2FN4O3. The van der Waals surface area contributed by atoms with Crippen LogP contribution >= 0.6 is 24.0 Å². The number of carbonyl (C=O) groups excluding carboxylic acids is 2. The predicted octanol–water partition coefficient (Wildman–Crippen LogP) is 7.87. The molecule has 4 N–H and O–H groups in total. The molecule has 0 aliphatic heterocycles. The molecule has 3 amide bonds. The minimum atomic E-state index is -0.489. The van der Waals surface area contributed by atoms with Gasteiger partial charge in [-0.15, -0.1) is 12.4 Å². The number of rotatable bonds is 10. The molecule has 0 heterocycles. The molecule has 47 heavy (non-hydrogen) atoms. The van der Waals surface area contributed by atoms with Crippen molar-refractivity contribution in [2.24, 2.45) is 5.73 Å². The molecule has 5 aromatic rings. The highest BCUT2D eigenvalue weighted by molar-refractivity contribution is 6.31. The van der Waals surface area contributed by atoms with Crippen molar-refractivity contribution in [3.05, 3.63) is 148 Å². The van der Waals surface area contributed by atoms with Gasteiger partial charge in [0.05, 0.1) is 5.69 Å². The summed E-state index contributed by atoms with van der Waals surface area (Å²) in [6.45, 7) is 0.590. The number of nitrogens with zero attached hydrogens (tertiary/aromatic N) is 1. The molecule has 0 fully saturated rings. The van der Waals surface area contributed by atoms with Crippen LogP contribution in [0.1, 0.15) is 32.6 Å². The van der Waals surface area contributed by atoms with E-state index in [9.17, 15) is 14.0 Å². The van der Waals surface area contributed by atoms with Crippen molar-refractivity contribution in [3.63, 3.8) is 0 Å². The van der Waals surface area contributed by atoms with E-state index in [2.05, 4.69) is 22.8 Å². The number of fused-ring (bicyclic) bond motifs is 3. The fourth-order valence-electron chi connectivity index (χ4n) is 5.58. The molecule has 0 saturated heterocycles. The van der Waals surface area contributed by atoms with E-state index in [0.29, 0.717) is 39.9 Å². The smallest absolute Gasteiger partial charge is 0.315 e. The van der Waals surface area contributed by atoms with Crippen LogP contribution in [0.4, 0.5) is 14.9 Å². The summed E-state index contributed by atoms with van der Waals surface area (Å²) in [6.07, 6.45) is 0.739. The van der Waals surface area contributed by atoms with Gasteiger partial charge in [0, 0.05) is 48.4 Å². The highest BCUT2D eigenvalue weighted by Crippen LogP contribution is 2.39. The quantitative estimate of drug-likeness (QED) is 0.138. The van der Waals surface area contributed by atoms with Crippen molar-refractivity contribution < 1.29 is 18.7 Å². The van der Waals surface area contributed by atoms with Gasteiger partial charge in [0.1, 0.15) is 11.6 Å². The van der Waals surface area contributed by atoms with Gasteiger partial charge < -0.3 is 26.0 Å². The Morgan fingerprint density at radius 1 is 0.851 bits per heavy atom. The fraction of sp³-hybridized carbons (Fsp3) is 0.135. The second-order valence-electron chi connectivity index (χ2n) is 10.9. The van der Waals surface area contributed by atoms with Crippen molar-refractivity contribution >= 4 is 41.6 Å². The minimum absolute atomic E-state index is 0. The Kier molecular flexibility index (Phi) is 10.8. The lowest BCUT2D eigenvalue weighted by Crippen LogP contribution is -2.42. The van der Waals surface area contributed by atoms with E-state index in [1.165, 1.54) is 17.2 Å². The molecule has 1 aliphatic carbocycles. The molecule has 240 valence electrons. The zero-order valence-corrected chi connectivity index (χ0v) is 26.9. The molecule has 1 aliphatic rings. The maximum Gasteiger partial charge on any atom is 0.315 e. The molecule has 0 aromatic heterocycles. The fourth-order valence-corrected chi connectivity index (χ4v) is 5.74. The highest BCUT2D eigenvalue weighted by Gasteiger charge is 2.25. The Morgan fingerprint density at radius 2 is 1.64 bits per heavy atom. The Bertz CT molecular complexity index is 1920. The Morgan fingerprint density at radius 3 is 2.47 bits per heavy atom. The summed E-state index contributed by atoms with van der Waals surface area (Å²) >= 11 is 6.40. The number of amides is 3. The number of hydrogen-bond donors (Lipinski definition) is 3. The summed E-state index contributed by atoms with van der Waals surface area (Å²) in [5.41, 5.74) is 12.7. The molecule has 0 bridgehead atoms.